The molecule has 2 fully saturated rings. The van der Waals surface area contributed by atoms with Gasteiger partial charge in [0.15, 0.2) is 0 Å². The minimum absolute atomic E-state index is 0.196. The maximum absolute atomic E-state index is 12.1. The summed E-state index contributed by atoms with van der Waals surface area (Å²) in [4.78, 5) is 28.6. The highest BCUT2D eigenvalue weighted by molar-refractivity contribution is 5.78. The third-order valence-corrected chi connectivity index (χ3v) is 8.08. The number of ketones is 1. The first-order valence-electron chi connectivity index (χ1n) is 14.9. The molecule has 1 amide bonds. The van der Waals surface area contributed by atoms with Gasteiger partial charge in [-0.2, -0.15) is 0 Å². The number of carbonyl (C=O) groups is 2. The van der Waals surface area contributed by atoms with Crippen LogP contribution in [0.25, 0.3) is 0 Å². The molecule has 204 valence electrons. The van der Waals surface area contributed by atoms with Crippen LogP contribution in [0, 0.1) is 11.8 Å². The fraction of sp³-hybridized carbons (Fsp3) is 0.931. The molecule has 6 heteroatoms. The lowest BCUT2D eigenvalue weighted by atomic mass is 9.87. The molecule has 2 rings (SSSR count). The second-order valence-electron chi connectivity index (χ2n) is 10.9. The topological polar surface area (TPSA) is 61.9 Å². The molecule has 2 aliphatic heterocycles. The maximum atomic E-state index is 12.1. The summed E-state index contributed by atoms with van der Waals surface area (Å²) in [5, 5.41) is 3.07. The van der Waals surface area contributed by atoms with Crippen LogP contribution in [-0.4, -0.2) is 80.5 Å². The van der Waals surface area contributed by atoms with Gasteiger partial charge in [-0.15, -0.1) is 0 Å². The fourth-order valence-electron chi connectivity index (χ4n) is 5.41. The minimum Gasteiger partial charge on any atom is -0.381 e. The van der Waals surface area contributed by atoms with E-state index in [1.165, 1.54) is 64.5 Å². The maximum Gasteiger partial charge on any atom is 0.221 e. The molecule has 2 heterocycles. The van der Waals surface area contributed by atoms with Crippen molar-refractivity contribution in [3.63, 3.8) is 0 Å². The predicted octanol–water partition coefficient (Wildman–Crippen LogP) is 5.05. The van der Waals surface area contributed by atoms with E-state index >= 15 is 0 Å². The minimum atomic E-state index is 0.196. The van der Waals surface area contributed by atoms with Gasteiger partial charge in [-0.05, 0) is 83.0 Å². The molecule has 6 nitrogen and oxygen atoms in total. The molecule has 0 saturated carbocycles. The normalized spacial score (nSPS) is 18.7. The third kappa shape index (κ3) is 14.4. The van der Waals surface area contributed by atoms with Crippen molar-refractivity contribution in [3.8, 4) is 0 Å². The van der Waals surface area contributed by atoms with Crippen LogP contribution in [0.4, 0.5) is 0 Å². The van der Waals surface area contributed by atoms with Crippen LogP contribution < -0.4 is 5.32 Å². The molecule has 2 saturated heterocycles. The predicted molar refractivity (Wildman–Crippen MR) is 145 cm³/mol. The third-order valence-electron chi connectivity index (χ3n) is 8.08. The number of Topliss-reactive ketones (excluding diaryl/α,β-unsaturated/α-hetero) is 1. The Hall–Kier alpha value is -0.980. The lowest BCUT2D eigenvalue weighted by Crippen LogP contribution is -2.37. The highest BCUT2D eigenvalue weighted by Gasteiger charge is 2.22. The number of amides is 1. The summed E-state index contributed by atoms with van der Waals surface area (Å²) >= 11 is 0. The van der Waals surface area contributed by atoms with Crippen molar-refractivity contribution in [2.75, 3.05) is 59.0 Å². The van der Waals surface area contributed by atoms with Crippen LogP contribution in [0.3, 0.4) is 0 Å². The molecule has 0 aromatic rings. The van der Waals surface area contributed by atoms with Crippen molar-refractivity contribution < 1.29 is 14.3 Å². The number of rotatable bonds is 19. The van der Waals surface area contributed by atoms with Crippen LogP contribution in [0.5, 0.6) is 0 Å². The van der Waals surface area contributed by atoms with Gasteiger partial charge in [0.1, 0.15) is 5.78 Å². The van der Waals surface area contributed by atoms with Crippen molar-refractivity contribution in [2.45, 2.75) is 104 Å². The van der Waals surface area contributed by atoms with Crippen LogP contribution in [0.1, 0.15) is 104 Å². The highest BCUT2D eigenvalue weighted by Crippen LogP contribution is 2.27. The Bertz CT molecular complexity index is 555. The zero-order chi connectivity index (χ0) is 25.1. The van der Waals surface area contributed by atoms with Crippen molar-refractivity contribution in [1.82, 2.24) is 15.1 Å². The lowest BCUT2D eigenvalue weighted by Gasteiger charge is -2.33. The summed E-state index contributed by atoms with van der Waals surface area (Å²) in [6.07, 6.45) is 15.7. The summed E-state index contributed by atoms with van der Waals surface area (Å²) in [6.45, 7) is 13.1. The number of piperidine rings is 2. The van der Waals surface area contributed by atoms with Gasteiger partial charge in [0.25, 0.3) is 0 Å². The Balaban J connectivity index is 1.41. The van der Waals surface area contributed by atoms with Gasteiger partial charge in [-0.25, -0.2) is 0 Å². The Kier molecular flexibility index (Phi) is 16.6. The molecule has 0 unspecified atom stereocenters. The Morgan fingerprint density at radius 3 is 1.91 bits per heavy atom. The quantitative estimate of drug-likeness (QED) is 0.255. The Labute approximate surface area is 215 Å². The first-order chi connectivity index (χ1) is 17.1. The van der Waals surface area contributed by atoms with Crippen molar-refractivity contribution in [2.24, 2.45) is 11.8 Å². The van der Waals surface area contributed by atoms with E-state index in [-0.39, 0.29) is 5.91 Å². The molecule has 0 bridgehead atoms. The number of nitrogens with zero attached hydrogens (tertiary/aromatic N) is 2. The van der Waals surface area contributed by atoms with E-state index in [9.17, 15) is 9.59 Å². The van der Waals surface area contributed by atoms with Gasteiger partial charge < -0.3 is 19.9 Å². The van der Waals surface area contributed by atoms with E-state index in [0.717, 1.165) is 83.5 Å². The molecule has 0 aromatic carbocycles. The van der Waals surface area contributed by atoms with E-state index < -0.39 is 0 Å². The number of unbranched alkanes of at least 4 members (excludes halogenated alkanes) is 2. The number of likely N-dealkylation sites (tertiary alicyclic amines) is 2. The Morgan fingerprint density at radius 1 is 0.771 bits per heavy atom. The summed E-state index contributed by atoms with van der Waals surface area (Å²) in [5.74, 6) is 2.36. The molecular formula is C29H55N3O3. The van der Waals surface area contributed by atoms with Gasteiger partial charge in [0.05, 0.1) is 0 Å². The molecular weight excluding hydrogens is 438 g/mol. The van der Waals surface area contributed by atoms with E-state index in [4.69, 9.17) is 4.74 Å². The standard InChI is InChI=1S/C29H55N3O3/c1-3-5-24-35-25-7-6-17-30-29(34)16-23-32-20-13-27(14-21-32)10-8-9-26-11-18-31(19-12-26)22-15-28(33)4-2/h26-27H,3-25H2,1-2H3,(H,30,34). The second-order valence-corrected chi connectivity index (χ2v) is 10.9. The monoisotopic (exact) mass is 493 g/mol. The number of ether oxygens (including phenoxy) is 1. The first-order valence-corrected chi connectivity index (χ1v) is 14.9. The van der Waals surface area contributed by atoms with E-state index in [1.54, 1.807) is 0 Å². The van der Waals surface area contributed by atoms with Gasteiger partial charge in [0, 0.05) is 52.1 Å². The first kappa shape index (κ1) is 30.2. The van der Waals surface area contributed by atoms with Gasteiger partial charge in [-0.3, -0.25) is 9.59 Å². The molecule has 0 aliphatic carbocycles. The average molecular weight is 494 g/mol. The number of nitrogens with one attached hydrogen (secondary N) is 1. The van der Waals surface area contributed by atoms with Gasteiger partial charge in [-0.1, -0.05) is 39.5 Å². The van der Waals surface area contributed by atoms with Gasteiger partial charge in [0.2, 0.25) is 5.91 Å². The average Bonchev–Trinajstić information content (AvgIpc) is 2.89. The number of carbonyl (C=O) groups excluding carboxylic acids is 2. The van der Waals surface area contributed by atoms with Crippen LogP contribution in [0.15, 0.2) is 0 Å². The molecule has 2 aliphatic rings. The SMILES string of the molecule is CCCCOCCCCNC(=O)CCN1CCC(CCCC2CCN(CCC(=O)CC)CC2)CC1. The van der Waals surface area contributed by atoms with Crippen molar-refractivity contribution in [1.29, 1.82) is 0 Å². The molecule has 35 heavy (non-hydrogen) atoms. The summed E-state index contributed by atoms with van der Waals surface area (Å²) in [5.41, 5.74) is 0. The number of hydrogen-bond donors (Lipinski definition) is 1. The highest BCUT2D eigenvalue weighted by atomic mass is 16.5. The fourth-order valence-corrected chi connectivity index (χ4v) is 5.41. The molecule has 1 N–H and O–H groups in total. The zero-order valence-electron chi connectivity index (χ0n) is 23.0. The Morgan fingerprint density at radius 2 is 1.34 bits per heavy atom. The molecule has 0 atom stereocenters. The molecule has 0 radical (unpaired) electrons. The lowest BCUT2D eigenvalue weighted by molar-refractivity contribution is -0.121. The summed E-state index contributed by atoms with van der Waals surface area (Å²) < 4.78 is 5.56. The van der Waals surface area contributed by atoms with Crippen LogP contribution in [-0.2, 0) is 14.3 Å². The van der Waals surface area contributed by atoms with Crippen LogP contribution >= 0.6 is 0 Å². The second kappa shape index (κ2) is 19.2. The van der Waals surface area contributed by atoms with Crippen molar-refractivity contribution >= 4 is 11.7 Å². The van der Waals surface area contributed by atoms with E-state index in [2.05, 4.69) is 22.0 Å². The van der Waals surface area contributed by atoms with E-state index in [1.807, 2.05) is 6.92 Å². The van der Waals surface area contributed by atoms with E-state index in [0.29, 0.717) is 18.6 Å². The van der Waals surface area contributed by atoms with Crippen molar-refractivity contribution in [3.05, 3.63) is 0 Å². The van der Waals surface area contributed by atoms with Gasteiger partial charge >= 0.3 is 0 Å². The summed E-state index contributed by atoms with van der Waals surface area (Å²) in [6, 6.07) is 0. The number of hydrogen-bond acceptors (Lipinski definition) is 5. The van der Waals surface area contributed by atoms with Crippen LogP contribution in [0.2, 0.25) is 0 Å². The molecule has 0 aromatic heterocycles. The molecule has 0 spiro atoms. The smallest absolute Gasteiger partial charge is 0.221 e. The summed E-state index contributed by atoms with van der Waals surface area (Å²) in [7, 11) is 0. The largest absolute Gasteiger partial charge is 0.381 e. The zero-order valence-corrected chi connectivity index (χ0v) is 23.0.